The van der Waals surface area contributed by atoms with Gasteiger partial charge in [-0.25, -0.2) is 9.78 Å². The lowest BCUT2D eigenvalue weighted by Crippen LogP contribution is -2.34. The van der Waals surface area contributed by atoms with Gasteiger partial charge in [-0.2, -0.15) is 13.2 Å². The van der Waals surface area contributed by atoms with Crippen LogP contribution < -0.4 is 16.0 Å². The molecule has 1 heterocycles. The molecule has 3 rings (SSSR count). The van der Waals surface area contributed by atoms with Gasteiger partial charge in [0.05, 0.1) is 22.1 Å². The number of alkyl halides is 3. The minimum absolute atomic E-state index is 0.269. The van der Waals surface area contributed by atoms with E-state index in [1.165, 1.54) is 6.07 Å². The summed E-state index contributed by atoms with van der Waals surface area (Å²) in [6.45, 7) is 6.22. The number of anilines is 1. The molecule has 2 amide bonds. The Kier molecular flexibility index (Phi) is 5.91. The van der Waals surface area contributed by atoms with Crippen molar-refractivity contribution in [3.63, 3.8) is 0 Å². The molecule has 160 valence electrons. The number of H-pyrrole nitrogens is 1. The molecule has 0 spiro atoms. The number of rotatable bonds is 6. The van der Waals surface area contributed by atoms with E-state index in [2.05, 4.69) is 25.9 Å². The van der Waals surface area contributed by atoms with E-state index in [-0.39, 0.29) is 6.03 Å². The van der Waals surface area contributed by atoms with Crippen molar-refractivity contribution in [3.05, 3.63) is 59.2 Å². The van der Waals surface area contributed by atoms with Crippen LogP contribution >= 0.6 is 0 Å². The van der Waals surface area contributed by atoms with Gasteiger partial charge < -0.3 is 20.9 Å². The van der Waals surface area contributed by atoms with Crippen LogP contribution in [0.4, 0.5) is 23.9 Å². The number of para-hydroxylation sites is 1. The molecule has 0 aliphatic rings. The number of benzene rings is 2. The first kappa shape index (κ1) is 21.5. The molecule has 0 aliphatic carbocycles. The normalized spacial score (nSPS) is 12.1. The van der Waals surface area contributed by atoms with Crippen LogP contribution in [0.15, 0.2) is 42.5 Å². The molecule has 0 radical (unpaired) electrons. The van der Waals surface area contributed by atoms with Crippen LogP contribution in [0.1, 0.15) is 37.5 Å². The van der Waals surface area contributed by atoms with Crippen molar-refractivity contribution in [2.75, 3.05) is 11.9 Å². The van der Waals surface area contributed by atoms with Crippen molar-refractivity contribution < 1.29 is 18.0 Å². The highest BCUT2D eigenvalue weighted by Gasteiger charge is 2.32. The number of hydrogen-bond donors (Lipinski definition) is 4. The minimum atomic E-state index is -4.41. The number of fused-ring (bicyclic) bond motifs is 1. The van der Waals surface area contributed by atoms with Crippen molar-refractivity contribution >= 4 is 23.0 Å². The molecule has 3 aromatic rings. The highest BCUT2D eigenvalue weighted by molar-refractivity contribution is 5.82. The van der Waals surface area contributed by atoms with Gasteiger partial charge >= 0.3 is 12.2 Å². The van der Waals surface area contributed by atoms with Crippen LogP contribution in [0.5, 0.6) is 0 Å². The Hall–Kier alpha value is -3.23. The smallest absolute Gasteiger partial charge is 0.347 e. The average molecular weight is 419 g/mol. The summed E-state index contributed by atoms with van der Waals surface area (Å²) in [5.41, 5.74) is 1.23. The highest BCUT2D eigenvalue weighted by atomic mass is 19.4. The van der Waals surface area contributed by atoms with Gasteiger partial charge in [-0.3, -0.25) is 0 Å². The summed E-state index contributed by atoms with van der Waals surface area (Å²) in [5.74, 6) is 0.429. The number of urea groups is 1. The summed E-state index contributed by atoms with van der Waals surface area (Å²) in [6.07, 6.45) is -4.41. The summed E-state index contributed by atoms with van der Waals surface area (Å²) in [4.78, 5) is 19.4. The summed E-state index contributed by atoms with van der Waals surface area (Å²) in [5, 5.41) is 8.61. The summed E-state index contributed by atoms with van der Waals surface area (Å²) in [7, 11) is 0. The SMILES string of the molecule is CCNC(=O)NCc1cccc2[nH]c(NC(C)(C)c3cccc(C(F)(F)F)c3)nc12. The van der Waals surface area contributed by atoms with E-state index in [0.29, 0.717) is 30.1 Å². The molecule has 0 unspecified atom stereocenters. The Morgan fingerprint density at radius 1 is 1.07 bits per heavy atom. The fraction of sp³-hybridized carbons (Fsp3) is 0.333. The third-order valence-corrected chi connectivity index (χ3v) is 4.72. The number of aromatic amines is 1. The Balaban J connectivity index is 1.83. The number of aromatic nitrogens is 2. The second-order valence-corrected chi connectivity index (χ2v) is 7.44. The fourth-order valence-electron chi connectivity index (χ4n) is 3.14. The lowest BCUT2D eigenvalue weighted by molar-refractivity contribution is -0.137. The van der Waals surface area contributed by atoms with Gasteiger partial charge in [0.15, 0.2) is 0 Å². The van der Waals surface area contributed by atoms with Crippen LogP contribution in [0.2, 0.25) is 0 Å². The second kappa shape index (κ2) is 8.25. The van der Waals surface area contributed by atoms with Crippen LogP contribution in [0, 0.1) is 0 Å². The zero-order valence-corrected chi connectivity index (χ0v) is 16.9. The van der Waals surface area contributed by atoms with Crippen molar-refractivity contribution in [1.82, 2.24) is 20.6 Å². The van der Waals surface area contributed by atoms with E-state index in [1.807, 2.05) is 25.1 Å². The van der Waals surface area contributed by atoms with Gasteiger partial charge in [-0.1, -0.05) is 24.3 Å². The van der Waals surface area contributed by atoms with Crippen molar-refractivity contribution in [2.24, 2.45) is 0 Å². The van der Waals surface area contributed by atoms with Crippen LogP contribution in [0.3, 0.4) is 0 Å². The molecule has 30 heavy (non-hydrogen) atoms. The molecule has 0 fully saturated rings. The Morgan fingerprint density at radius 3 is 2.47 bits per heavy atom. The van der Waals surface area contributed by atoms with E-state index in [9.17, 15) is 18.0 Å². The quantitative estimate of drug-likeness (QED) is 0.466. The standard InChI is InChI=1S/C21H24F3N5O/c1-4-25-19(30)26-12-13-7-5-10-16-17(13)28-18(27-16)29-20(2,3)14-8-6-9-15(11-14)21(22,23)24/h5-11H,4,12H2,1-3H3,(H2,25,26,30)(H2,27,28,29). The fourth-order valence-corrected chi connectivity index (χ4v) is 3.14. The zero-order valence-electron chi connectivity index (χ0n) is 16.9. The monoisotopic (exact) mass is 419 g/mol. The molecule has 0 bridgehead atoms. The van der Waals surface area contributed by atoms with Crippen molar-refractivity contribution in [3.8, 4) is 0 Å². The number of hydrogen-bond acceptors (Lipinski definition) is 3. The molecule has 0 aliphatic heterocycles. The summed E-state index contributed by atoms with van der Waals surface area (Å²) >= 11 is 0. The Bertz CT molecular complexity index is 1040. The van der Waals surface area contributed by atoms with E-state index < -0.39 is 17.3 Å². The number of nitrogens with one attached hydrogen (secondary N) is 4. The van der Waals surface area contributed by atoms with Gasteiger partial charge in [-0.05, 0) is 50.1 Å². The van der Waals surface area contributed by atoms with E-state index in [0.717, 1.165) is 23.2 Å². The number of nitrogens with zero attached hydrogens (tertiary/aromatic N) is 1. The van der Waals surface area contributed by atoms with E-state index >= 15 is 0 Å². The molecule has 9 heteroatoms. The number of halogens is 3. The highest BCUT2D eigenvalue weighted by Crippen LogP contribution is 2.33. The third kappa shape index (κ3) is 4.84. The molecular weight excluding hydrogens is 395 g/mol. The average Bonchev–Trinajstić information content (AvgIpc) is 3.08. The summed E-state index contributed by atoms with van der Waals surface area (Å²) in [6, 6.07) is 10.5. The second-order valence-electron chi connectivity index (χ2n) is 7.44. The van der Waals surface area contributed by atoms with Gasteiger partial charge in [0.1, 0.15) is 0 Å². The van der Waals surface area contributed by atoms with E-state index in [4.69, 9.17) is 0 Å². The first-order valence-corrected chi connectivity index (χ1v) is 9.55. The van der Waals surface area contributed by atoms with E-state index in [1.54, 1.807) is 19.9 Å². The number of carbonyl (C=O) groups is 1. The molecule has 4 N–H and O–H groups in total. The molecule has 0 saturated heterocycles. The zero-order chi connectivity index (χ0) is 21.9. The molecule has 0 saturated carbocycles. The lowest BCUT2D eigenvalue weighted by atomic mass is 9.93. The maximum atomic E-state index is 13.1. The Labute approximate surface area is 172 Å². The number of imidazole rings is 1. The Morgan fingerprint density at radius 2 is 1.77 bits per heavy atom. The van der Waals surface area contributed by atoms with Crippen molar-refractivity contribution in [2.45, 2.75) is 39.0 Å². The third-order valence-electron chi connectivity index (χ3n) is 4.72. The number of carbonyl (C=O) groups excluding carboxylic acids is 1. The lowest BCUT2D eigenvalue weighted by Gasteiger charge is -2.27. The topological polar surface area (TPSA) is 81.8 Å². The molecule has 0 atom stereocenters. The molecular formula is C21H24F3N5O. The van der Waals surface area contributed by atoms with Crippen molar-refractivity contribution in [1.29, 1.82) is 0 Å². The first-order valence-electron chi connectivity index (χ1n) is 9.55. The molecule has 2 aromatic carbocycles. The molecule has 6 nitrogen and oxygen atoms in total. The maximum Gasteiger partial charge on any atom is 0.416 e. The van der Waals surface area contributed by atoms with Crippen LogP contribution in [-0.2, 0) is 18.3 Å². The maximum absolute atomic E-state index is 13.1. The van der Waals surface area contributed by atoms with Gasteiger partial charge in [0.25, 0.3) is 0 Å². The van der Waals surface area contributed by atoms with Crippen LogP contribution in [-0.4, -0.2) is 22.5 Å². The van der Waals surface area contributed by atoms with Gasteiger partial charge in [-0.15, -0.1) is 0 Å². The molecule has 1 aromatic heterocycles. The first-order chi connectivity index (χ1) is 14.1. The predicted octanol–water partition coefficient (Wildman–Crippen LogP) is 4.75. The largest absolute Gasteiger partial charge is 0.416 e. The van der Waals surface area contributed by atoms with Gasteiger partial charge in [0.2, 0.25) is 5.95 Å². The number of amides is 2. The minimum Gasteiger partial charge on any atom is -0.347 e. The van der Waals surface area contributed by atoms with Crippen LogP contribution in [0.25, 0.3) is 11.0 Å². The predicted molar refractivity (Wildman–Crippen MR) is 110 cm³/mol. The summed E-state index contributed by atoms with van der Waals surface area (Å²) < 4.78 is 39.2. The van der Waals surface area contributed by atoms with Gasteiger partial charge in [0, 0.05) is 13.1 Å².